The summed E-state index contributed by atoms with van der Waals surface area (Å²) in [5.74, 6) is 2.80. The normalized spacial score (nSPS) is 12.0. The number of aromatic nitrogens is 3. The van der Waals surface area contributed by atoms with Crippen LogP contribution in [0.4, 0.5) is 5.95 Å². The number of halogens is 1. The SMILES string of the molecule is C#CC(C)Nc1nc(Cl)nc(OC(C)C)n1. The Labute approximate surface area is 99.6 Å². The van der Waals surface area contributed by atoms with E-state index in [0.29, 0.717) is 5.95 Å². The lowest BCUT2D eigenvalue weighted by atomic mass is 10.4. The van der Waals surface area contributed by atoms with Gasteiger partial charge in [-0.3, -0.25) is 0 Å². The van der Waals surface area contributed by atoms with Crippen LogP contribution in [0, 0.1) is 12.3 Å². The molecule has 6 heteroatoms. The fraction of sp³-hybridized carbons (Fsp3) is 0.500. The maximum Gasteiger partial charge on any atom is 0.322 e. The maximum absolute atomic E-state index is 5.73. The van der Waals surface area contributed by atoms with E-state index in [-0.39, 0.29) is 23.4 Å². The number of hydrogen-bond donors (Lipinski definition) is 1. The molecule has 0 radical (unpaired) electrons. The summed E-state index contributed by atoms with van der Waals surface area (Å²) in [6, 6.07) is -0.00733. The van der Waals surface area contributed by atoms with E-state index < -0.39 is 0 Å². The third-order valence-corrected chi connectivity index (χ3v) is 1.69. The predicted molar refractivity (Wildman–Crippen MR) is 62.5 cm³/mol. The number of terminal acetylenes is 1. The molecule has 0 fully saturated rings. The van der Waals surface area contributed by atoms with Crippen molar-refractivity contribution in [1.29, 1.82) is 0 Å². The summed E-state index contributed by atoms with van der Waals surface area (Å²) in [5.41, 5.74) is 0. The summed E-state index contributed by atoms with van der Waals surface area (Å²) in [6.45, 7) is 5.55. The summed E-state index contributed by atoms with van der Waals surface area (Å²) >= 11 is 5.73. The van der Waals surface area contributed by atoms with Crippen LogP contribution in [0.3, 0.4) is 0 Å². The second-order valence-electron chi connectivity index (χ2n) is 3.41. The van der Waals surface area contributed by atoms with Crippen LogP contribution in [-0.4, -0.2) is 27.1 Å². The van der Waals surface area contributed by atoms with E-state index in [1.54, 1.807) is 6.92 Å². The van der Waals surface area contributed by atoms with Crippen LogP contribution >= 0.6 is 11.6 Å². The van der Waals surface area contributed by atoms with Crippen molar-refractivity contribution in [2.24, 2.45) is 0 Å². The Morgan fingerprint density at radius 1 is 1.31 bits per heavy atom. The Balaban J connectivity index is 2.86. The van der Waals surface area contributed by atoms with E-state index in [4.69, 9.17) is 22.8 Å². The van der Waals surface area contributed by atoms with E-state index in [0.717, 1.165) is 0 Å². The van der Waals surface area contributed by atoms with Crippen LogP contribution in [0.15, 0.2) is 0 Å². The van der Waals surface area contributed by atoms with Gasteiger partial charge in [-0.1, -0.05) is 5.92 Å². The quantitative estimate of drug-likeness (QED) is 0.813. The Bertz CT molecular complexity index is 402. The Morgan fingerprint density at radius 3 is 2.56 bits per heavy atom. The van der Waals surface area contributed by atoms with Crippen molar-refractivity contribution in [1.82, 2.24) is 15.0 Å². The Hall–Kier alpha value is -1.54. The lowest BCUT2D eigenvalue weighted by Crippen LogP contribution is -2.16. The second kappa shape index (κ2) is 5.52. The molecule has 1 N–H and O–H groups in total. The molecule has 1 heterocycles. The van der Waals surface area contributed by atoms with Gasteiger partial charge in [0.05, 0.1) is 12.1 Å². The van der Waals surface area contributed by atoms with Gasteiger partial charge in [-0.05, 0) is 32.4 Å². The van der Waals surface area contributed by atoms with E-state index in [1.807, 2.05) is 13.8 Å². The van der Waals surface area contributed by atoms with E-state index in [1.165, 1.54) is 0 Å². The molecule has 0 aromatic carbocycles. The highest BCUT2D eigenvalue weighted by molar-refractivity contribution is 6.28. The van der Waals surface area contributed by atoms with E-state index in [2.05, 4.69) is 26.2 Å². The first-order valence-corrected chi connectivity index (χ1v) is 5.20. The number of rotatable bonds is 4. The van der Waals surface area contributed by atoms with Gasteiger partial charge in [-0.25, -0.2) is 0 Å². The summed E-state index contributed by atoms with van der Waals surface area (Å²) in [5, 5.41) is 2.95. The molecule has 1 rings (SSSR count). The predicted octanol–water partition coefficient (Wildman–Crippen LogP) is 1.75. The molecule has 0 spiro atoms. The summed E-state index contributed by atoms with van der Waals surface area (Å²) < 4.78 is 5.31. The number of nitrogens with one attached hydrogen (secondary N) is 1. The first kappa shape index (κ1) is 12.5. The number of hydrogen-bond acceptors (Lipinski definition) is 5. The third kappa shape index (κ3) is 3.91. The third-order valence-electron chi connectivity index (χ3n) is 1.52. The van der Waals surface area contributed by atoms with Crippen molar-refractivity contribution in [2.45, 2.75) is 32.9 Å². The smallest absolute Gasteiger partial charge is 0.322 e. The number of nitrogens with zero attached hydrogens (tertiary/aromatic N) is 3. The van der Waals surface area contributed by atoms with Crippen LogP contribution in [-0.2, 0) is 0 Å². The van der Waals surface area contributed by atoms with Gasteiger partial charge in [-0.15, -0.1) is 6.42 Å². The zero-order valence-corrected chi connectivity index (χ0v) is 10.1. The molecular formula is C10H13ClN4O. The van der Waals surface area contributed by atoms with Gasteiger partial charge in [0.1, 0.15) is 0 Å². The van der Waals surface area contributed by atoms with Crippen molar-refractivity contribution in [3.63, 3.8) is 0 Å². The molecule has 0 saturated heterocycles. The highest BCUT2D eigenvalue weighted by Crippen LogP contribution is 2.13. The molecule has 0 saturated carbocycles. The minimum Gasteiger partial charge on any atom is -0.461 e. The standard InChI is InChI=1S/C10H13ClN4O/c1-5-7(4)12-9-13-8(11)14-10(15-9)16-6(2)3/h1,6-7H,2-4H3,(H,12,13,14,15). The first-order chi connectivity index (χ1) is 7.51. The summed E-state index contributed by atoms with van der Waals surface area (Å²) in [4.78, 5) is 11.7. The molecule has 1 aromatic rings. The lowest BCUT2D eigenvalue weighted by Gasteiger charge is -2.10. The summed E-state index contributed by atoms with van der Waals surface area (Å²) in [7, 11) is 0. The maximum atomic E-state index is 5.73. The minimum absolute atomic E-state index is 0.0311. The van der Waals surface area contributed by atoms with Crippen LogP contribution in [0.5, 0.6) is 6.01 Å². The number of anilines is 1. The monoisotopic (exact) mass is 240 g/mol. The molecular weight excluding hydrogens is 228 g/mol. The molecule has 1 atom stereocenters. The van der Waals surface area contributed by atoms with Gasteiger partial charge in [-0.2, -0.15) is 15.0 Å². The largest absolute Gasteiger partial charge is 0.461 e. The lowest BCUT2D eigenvalue weighted by molar-refractivity contribution is 0.222. The van der Waals surface area contributed by atoms with Crippen molar-refractivity contribution in [3.05, 3.63) is 5.28 Å². The van der Waals surface area contributed by atoms with Crippen molar-refractivity contribution in [2.75, 3.05) is 5.32 Å². The molecule has 5 nitrogen and oxygen atoms in total. The molecule has 16 heavy (non-hydrogen) atoms. The van der Waals surface area contributed by atoms with Gasteiger partial charge in [0.2, 0.25) is 11.2 Å². The van der Waals surface area contributed by atoms with Gasteiger partial charge in [0.25, 0.3) is 0 Å². The van der Waals surface area contributed by atoms with Crippen LogP contribution < -0.4 is 10.1 Å². The van der Waals surface area contributed by atoms with Gasteiger partial charge < -0.3 is 10.1 Å². The molecule has 0 amide bonds. The fourth-order valence-electron chi connectivity index (χ4n) is 0.895. The van der Waals surface area contributed by atoms with Gasteiger partial charge in [0.15, 0.2) is 0 Å². The zero-order valence-electron chi connectivity index (χ0n) is 9.36. The zero-order chi connectivity index (χ0) is 12.1. The topological polar surface area (TPSA) is 59.9 Å². The molecule has 0 aliphatic heterocycles. The first-order valence-electron chi connectivity index (χ1n) is 4.82. The average Bonchev–Trinajstić information content (AvgIpc) is 2.15. The number of ether oxygens (including phenoxy) is 1. The highest BCUT2D eigenvalue weighted by Gasteiger charge is 2.08. The van der Waals surface area contributed by atoms with Gasteiger partial charge in [0, 0.05) is 0 Å². The Kier molecular flexibility index (Phi) is 4.32. The molecule has 0 aliphatic carbocycles. The molecule has 86 valence electrons. The van der Waals surface area contributed by atoms with Crippen molar-refractivity contribution < 1.29 is 4.74 Å². The highest BCUT2D eigenvalue weighted by atomic mass is 35.5. The van der Waals surface area contributed by atoms with Gasteiger partial charge >= 0.3 is 6.01 Å². The van der Waals surface area contributed by atoms with Crippen molar-refractivity contribution in [3.8, 4) is 18.4 Å². The van der Waals surface area contributed by atoms with Crippen LogP contribution in [0.25, 0.3) is 0 Å². The minimum atomic E-state index is -0.189. The van der Waals surface area contributed by atoms with Crippen LogP contribution in [0.1, 0.15) is 20.8 Å². The van der Waals surface area contributed by atoms with Crippen LogP contribution in [0.2, 0.25) is 5.28 Å². The molecule has 1 aromatic heterocycles. The summed E-state index contributed by atoms with van der Waals surface area (Å²) in [6.07, 6.45) is 5.20. The molecule has 0 aliphatic rings. The van der Waals surface area contributed by atoms with Crippen molar-refractivity contribution >= 4 is 17.5 Å². The Morgan fingerprint density at radius 2 is 2.00 bits per heavy atom. The second-order valence-corrected chi connectivity index (χ2v) is 3.75. The molecule has 0 bridgehead atoms. The molecule has 1 unspecified atom stereocenters. The van der Waals surface area contributed by atoms with E-state index in [9.17, 15) is 0 Å². The van der Waals surface area contributed by atoms with E-state index >= 15 is 0 Å². The average molecular weight is 241 g/mol. The fourth-order valence-corrected chi connectivity index (χ4v) is 1.05.